The molecule has 118 valence electrons. The molecule has 0 bridgehead atoms. The van der Waals surface area contributed by atoms with Crippen molar-refractivity contribution in [2.45, 2.75) is 64.8 Å². The zero-order chi connectivity index (χ0) is 14.6. The molecular weight excluding hydrogens is 250 g/mol. The minimum atomic E-state index is 0.162. The number of carbonyl (C=O) groups excluding carboxylic acids is 1. The minimum absolute atomic E-state index is 0.162. The third-order valence-electron chi connectivity index (χ3n) is 4.10. The summed E-state index contributed by atoms with van der Waals surface area (Å²) in [5.41, 5.74) is 0. The van der Waals surface area contributed by atoms with Gasteiger partial charge in [0.1, 0.15) is 0 Å². The maximum Gasteiger partial charge on any atom is 0.234 e. The summed E-state index contributed by atoms with van der Waals surface area (Å²) in [6.07, 6.45) is 8.69. The maximum atomic E-state index is 11.9. The lowest BCUT2D eigenvalue weighted by Crippen LogP contribution is -2.42. The number of likely N-dealkylation sites (N-methyl/N-ethyl adjacent to an activating group) is 1. The van der Waals surface area contributed by atoms with Crippen molar-refractivity contribution < 1.29 is 4.79 Å². The highest BCUT2D eigenvalue weighted by Gasteiger charge is 2.14. The molecule has 1 saturated carbocycles. The van der Waals surface area contributed by atoms with Gasteiger partial charge in [-0.3, -0.25) is 4.79 Å². The second kappa shape index (κ2) is 11.1. The number of hydrogen-bond acceptors (Lipinski definition) is 3. The van der Waals surface area contributed by atoms with Crippen LogP contribution in [0.5, 0.6) is 0 Å². The van der Waals surface area contributed by atoms with Crippen molar-refractivity contribution in [2.24, 2.45) is 0 Å². The van der Waals surface area contributed by atoms with E-state index in [0.717, 1.165) is 39.0 Å². The van der Waals surface area contributed by atoms with E-state index in [2.05, 4.69) is 29.4 Å². The fraction of sp³-hybridized carbons (Fsp3) is 0.938. The van der Waals surface area contributed by atoms with E-state index in [4.69, 9.17) is 0 Å². The quantitative estimate of drug-likeness (QED) is 0.503. The van der Waals surface area contributed by atoms with Crippen LogP contribution in [0.15, 0.2) is 0 Å². The number of nitrogens with one attached hydrogen (secondary N) is 2. The summed E-state index contributed by atoms with van der Waals surface area (Å²) in [5, 5.41) is 6.43. The second-order valence-corrected chi connectivity index (χ2v) is 5.87. The average Bonchev–Trinajstić information content (AvgIpc) is 2.71. The summed E-state index contributed by atoms with van der Waals surface area (Å²) in [5.74, 6) is 0.162. The zero-order valence-electron chi connectivity index (χ0n) is 13.4. The molecule has 1 aliphatic rings. The number of carbonyl (C=O) groups is 1. The molecule has 0 unspecified atom stereocenters. The first-order valence-corrected chi connectivity index (χ1v) is 8.48. The van der Waals surface area contributed by atoms with Gasteiger partial charge >= 0.3 is 0 Å². The van der Waals surface area contributed by atoms with Crippen LogP contribution in [0.1, 0.15) is 58.8 Å². The normalized spacial score (nSPS) is 17.1. The van der Waals surface area contributed by atoms with Crippen LogP contribution in [0.4, 0.5) is 0 Å². The zero-order valence-corrected chi connectivity index (χ0v) is 13.4. The predicted octanol–water partition coefficient (Wildman–Crippen LogP) is 2.15. The SMILES string of the molecule is CCCN(CC)CCNCC(=O)NC1CCCCCC1. The predicted molar refractivity (Wildman–Crippen MR) is 84.9 cm³/mol. The molecule has 4 nitrogen and oxygen atoms in total. The smallest absolute Gasteiger partial charge is 0.234 e. The maximum absolute atomic E-state index is 11.9. The minimum Gasteiger partial charge on any atom is -0.352 e. The molecule has 1 amide bonds. The first kappa shape index (κ1) is 17.4. The van der Waals surface area contributed by atoms with Gasteiger partial charge in [0, 0.05) is 19.1 Å². The summed E-state index contributed by atoms with van der Waals surface area (Å²) < 4.78 is 0. The Balaban J connectivity index is 2.07. The first-order chi connectivity index (χ1) is 9.76. The molecule has 20 heavy (non-hydrogen) atoms. The van der Waals surface area contributed by atoms with Gasteiger partial charge in [0.15, 0.2) is 0 Å². The Morgan fingerprint density at radius 1 is 1.10 bits per heavy atom. The monoisotopic (exact) mass is 283 g/mol. The highest BCUT2D eigenvalue weighted by molar-refractivity contribution is 5.78. The molecule has 0 heterocycles. The number of amides is 1. The molecule has 0 aromatic carbocycles. The Bertz CT molecular complexity index is 250. The molecule has 1 rings (SSSR count). The van der Waals surface area contributed by atoms with E-state index in [-0.39, 0.29) is 5.91 Å². The van der Waals surface area contributed by atoms with Crippen molar-refractivity contribution in [2.75, 3.05) is 32.7 Å². The fourth-order valence-corrected chi connectivity index (χ4v) is 2.89. The van der Waals surface area contributed by atoms with Gasteiger partial charge in [-0.25, -0.2) is 0 Å². The summed E-state index contributed by atoms with van der Waals surface area (Å²) in [7, 11) is 0. The summed E-state index contributed by atoms with van der Waals surface area (Å²) in [6, 6.07) is 0.416. The average molecular weight is 283 g/mol. The molecule has 1 aliphatic carbocycles. The molecular formula is C16H33N3O. The van der Waals surface area contributed by atoms with E-state index >= 15 is 0 Å². The van der Waals surface area contributed by atoms with Crippen LogP contribution in [0.3, 0.4) is 0 Å². The van der Waals surface area contributed by atoms with Crippen molar-refractivity contribution in [3.8, 4) is 0 Å². The van der Waals surface area contributed by atoms with Gasteiger partial charge in [0.2, 0.25) is 5.91 Å². The highest BCUT2D eigenvalue weighted by Crippen LogP contribution is 2.16. The Kier molecular flexibility index (Phi) is 9.67. The lowest BCUT2D eigenvalue weighted by atomic mass is 10.1. The van der Waals surface area contributed by atoms with E-state index in [9.17, 15) is 4.79 Å². The van der Waals surface area contributed by atoms with Crippen molar-refractivity contribution in [3.63, 3.8) is 0 Å². The van der Waals surface area contributed by atoms with E-state index in [1.807, 2.05) is 0 Å². The van der Waals surface area contributed by atoms with Gasteiger partial charge in [0.05, 0.1) is 6.54 Å². The van der Waals surface area contributed by atoms with Crippen LogP contribution in [-0.4, -0.2) is 49.6 Å². The Hall–Kier alpha value is -0.610. The highest BCUT2D eigenvalue weighted by atomic mass is 16.1. The molecule has 0 aromatic heterocycles. The van der Waals surface area contributed by atoms with Crippen molar-refractivity contribution in [1.29, 1.82) is 0 Å². The largest absolute Gasteiger partial charge is 0.352 e. The van der Waals surface area contributed by atoms with Crippen molar-refractivity contribution >= 4 is 5.91 Å². The summed E-state index contributed by atoms with van der Waals surface area (Å²) in [6.45, 7) is 9.01. The third kappa shape index (κ3) is 7.85. The van der Waals surface area contributed by atoms with E-state index in [1.165, 1.54) is 32.1 Å². The van der Waals surface area contributed by atoms with E-state index < -0.39 is 0 Å². The van der Waals surface area contributed by atoms with Gasteiger partial charge in [-0.2, -0.15) is 0 Å². The Labute approximate surface area is 124 Å². The number of hydrogen-bond donors (Lipinski definition) is 2. The van der Waals surface area contributed by atoms with Crippen LogP contribution >= 0.6 is 0 Å². The van der Waals surface area contributed by atoms with Crippen LogP contribution < -0.4 is 10.6 Å². The third-order valence-corrected chi connectivity index (χ3v) is 4.10. The lowest BCUT2D eigenvalue weighted by Gasteiger charge is -2.20. The molecule has 2 N–H and O–H groups in total. The van der Waals surface area contributed by atoms with Crippen LogP contribution in [0.2, 0.25) is 0 Å². The summed E-state index contributed by atoms with van der Waals surface area (Å²) in [4.78, 5) is 14.3. The Morgan fingerprint density at radius 3 is 2.40 bits per heavy atom. The van der Waals surface area contributed by atoms with Crippen molar-refractivity contribution in [1.82, 2.24) is 15.5 Å². The molecule has 0 saturated heterocycles. The molecule has 0 atom stereocenters. The number of nitrogens with zero attached hydrogens (tertiary/aromatic N) is 1. The van der Waals surface area contributed by atoms with Gasteiger partial charge in [-0.05, 0) is 32.4 Å². The standard InChI is InChI=1S/C16H33N3O/c1-3-12-19(4-2)13-11-17-14-16(20)18-15-9-7-5-6-8-10-15/h15,17H,3-14H2,1-2H3,(H,18,20). The Morgan fingerprint density at radius 2 is 1.80 bits per heavy atom. The topological polar surface area (TPSA) is 44.4 Å². The van der Waals surface area contributed by atoms with E-state index in [1.54, 1.807) is 0 Å². The molecule has 4 heteroatoms. The van der Waals surface area contributed by atoms with Crippen LogP contribution in [0.25, 0.3) is 0 Å². The number of rotatable bonds is 9. The molecule has 0 aromatic rings. The molecule has 0 aliphatic heterocycles. The second-order valence-electron chi connectivity index (χ2n) is 5.87. The fourth-order valence-electron chi connectivity index (χ4n) is 2.89. The van der Waals surface area contributed by atoms with Gasteiger partial charge in [-0.15, -0.1) is 0 Å². The molecule has 0 radical (unpaired) electrons. The van der Waals surface area contributed by atoms with Gasteiger partial charge in [0.25, 0.3) is 0 Å². The summed E-state index contributed by atoms with van der Waals surface area (Å²) >= 11 is 0. The van der Waals surface area contributed by atoms with Crippen LogP contribution in [0, 0.1) is 0 Å². The van der Waals surface area contributed by atoms with E-state index in [0.29, 0.717) is 12.6 Å². The molecule has 1 fully saturated rings. The van der Waals surface area contributed by atoms with Gasteiger partial charge in [-0.1, -0.05) is 39.5 Å². The van der Waals surface area contributed by atoms with Crippen LogP contribution in [-0.2, 0) is 4.79 Å². The lowest BCUT2D eigenvalue weighted by molar-refractivity contribution is -0.121. The first-order valence-electron chi connectivity index (χ1n) is 8.48. The van der Waals surface area contributed by atoms with Gasteiger partial charge < -0.3 is 15.5 Å². The molecule has 0 spiro atoms. The van der Waals surface area contributed by atoms with Crippen molar-refractivity contribution in [3.05, 3.63) is 0 Å².